The molecule has 192 valence electrons. The number of nitrogens with zero attached hydrogens (tertiary/aromatic N) is 6. The van der Waals surface area contributed by atoms with Gasteiger partial charge in [0.25, 0.3) is 0 Å². The molecule has 0 unspecified atom stereocenters. The Kier molecular flexibility index (Phi) is 7.75. The molecule has 0 radical (unpaired) electrons. The molecule has 2 fully saturated rings. The maximum Gasteiger partial charge on any atom is 0.225 e. The van der Waals surface area contributed by atoms with Crippen LogP contribution in [0.3, 0.4) is 0 Å². The fraction of sp³-hybridized carbons (Fsp3) is 0.571. The summed E-state index contributed by atoms with van der Waals surface area (Å²) < 4.78 is 1.86. The van der Waals surface area contributed by atoms with Crippen LogP contribution in [0.4, 0.5) is 5.82 Å². The van der Waals surface area contributed by atoms with E-state index in [9.17, 15) is 4.79 Å². The second-order valence-electron chi connectivity index (χ2n) is 10.7. The summed E-state index contributed by atoms with van der Waals surface area (Å²) in [6, 6.07) is 7.70. The molecule has 1 aliphatic carbocycles. The molecule has 1 aliphatic heterocycles. The van der Waals surface area contributed by atoms with Crippen molar-refractivity contribution >= 4 is 34.4 Å². The first-order chi connectivity index (χ1) is 17.5. The maximum atomic E-state index is 13.2. The van der Waals surface area contributed by atoms with Crippen molar-refractivity contribution in [3.05, 3.63) is 41.3 Å². The maximum absolute atomic E-state index is 13.2. The summed E-state index contributed by atoms with van der Waals surface area (Å²) in [5.74, 6) is 2.92. The van der Waals surface area contributed by atoms with Crippen LogP contribution >= 0.6 is 11.6 Å². The highest BCUT2D eigenvalue weighted by Gasteiger charge is 2.28. The van der Waals surface area contributed by atoms with Gasteiger partial charge in [-0.15, -0.1) is 0 Å². The van der Waals surface area contributed by atoms with Crippen LogP contribution in [-0.4, -0.2) is 56.7 Å². The number of hydrogen-bond acceptors (Lipinski definition) is 5. The lowest BCUT2D eigenvalue weighted by molar-refractivity contribution is -0.136. The summed E-state index contributed by atoms with van der Waals surface area (Å²) in [6.07, 6.45) is 10.4. The quantitative estimate of drug-likeness (QED) is 0.428. The average Bonchev–Trinajstić information content (AvgIpc) is 3.16. The van der Waals surface area contributed by atoms with Gasteiger partial charge in [0, 0.05) is 43.5 Å². The number of benzene rings is 1. The van der Waals surface area contributed by atoms with E-state index in [1.165, 1.54) is 19.3 Å². The Morgan fingerprint density at radius 3 is 2.67 bits per heavy atom. The Hall–Kier alpha value is -2.67. The molecule has 1 aromatic carbocycles. The van der Waals surface area contributed by atoms with E-state index < -0.39 is 0 Å². The second-order valence-corrected chi connectivity index (χ2v) is 11.1. The van der Waals surface area contributed by atoms with Gasteiger partial charge in [0.15, 0.2) is 5.65 Å². The van der Waals surface area contributed by atoms with Gasteiger partial charge in [-0.3, -0.25) is 4.79 Å². The Labute approximate surface area is 218 Å². The minimum absolute atomic E-state index is 0.217. The average molecular weight is 509 g/mol. The molecule has 0 spiro atoms. The van der Waals surface area contributed by atoms with Crippen LogP contribution < -0.4 is 4.90 Å². The molecule has 1 saturated heterocycles. The van der Waals surface area contributed by atoms with E-state index in [-0.39, 0.29) is 5.92 Å². The van der Waals surface area contributed by atoms with Gasteiger partial charge in [0.1, 0.15) is 11.6 Å². The first-order valence-electron chi connectivity index (χ1n) is 13.5. The van der Waals surface area contributed by atoms with Gasteiger partial charge >= 0.3 is 0 Å². The van der Waals surface area contributed by atoms with E-state index >= 15 is 0 Å². The van der Waals surface area contributed by atoms with E-state index in [2.05, 4.69) is 23.6 Å². The lowest BCUT2D eigenvalue weighted by Crippen LogP contribution is -2.39. The standard InChI is InChI=1S/C28H37ClN6O/c1-20(2)12-13-25-31-26(24-19-30-35(27(24)32-25)23-11-6-10-22(29)18-23)33-14-7-15-34(17-16-33)28(36)21-8-4-3-5-9-21/h6,10-11,18-21H,3-5,7-9,12-17H2,1-2H3. The molecular formula is C28H37ClN6O. The van der Waals surface area contributed by atoms with Crippen molar-refractivity contribution in [3.63, 3.8) is 0 Å². The molecule has 5 rings (SSSR count). The van der Waals surface area contributed by atoms with Gasteiger partial charge < -0.3 is 9.80 Å². The summed E-state index contributed by atoms with van der Waals surface area (Å²) in [6.45, 7) is 7.65. The van der Waals surface area contributed by atoms with Gasteiger partial charge in [-0.05, 0) is 49.8 Å². The van der Waals surface area contributed by atoms with Crippen molar-refractivity contribution in [1.29, 1.82) is 0 Å². The number of amides is 1. The largest absolute Gasteiger partial charge is 0.354 e. The van der Waals surface area contributed by atoms with Crippen LogP contribution in [0, 0.1) is 11.8 Å². The molecule has 7 nitrogen and oxygen atoms in total. The van der Waals surface area contributed by atoms with Gasteiger partial charge in [0.05, 0.1) is 17.3 Å². The molecule has 2 aliphatic rings. The zero-order chi connectivity index (χ0) is 25.1. The highest BCUT2D eigenvalue weighted by molar-refractivity contribution is 6.30. The van der Waals surface area contributed by atoms with Crippen LogP contribution in [-0.2, 0) is 11.2 Å². The highest BCUT2D eigenvalue weighted by atomic mass is 35.5. The van der Waals surface area contributed by atoms with Crippen molar-refractivity contribution in [2.24, 2.45) is 11.8 Å². The molecule has 0 N–H and O–H groups in total. The minimum Gasteiger partial charge on any atom is -0.354 e. The van der Waals surface area contributed by atoms with Crippen molar-refractivity contribution in [2.45, 2.75) is 65.2 Å². The first-order valence-corrected chi connectivity index (χ1v) is 13.9. The predicted octanol–water partition coefficient (Wildman–Crippen LogP) is 5.68. The molecule has 3 heterocycles. The molecule has 1 amide bonds. The number of aryl methyl sites for hydroxylation is 1. The third-order valence-electron chi connectivity index (χ3n) is 7.51. The van der Waals surface area contributed by atoms with Gasteiger partial charge in [0.2, 0.25) is 5.91 Å². The molecular weight excluding hydrogens is 472 g/mol. The lowest BCUT2D eigenvalue weighted by atomic mass is 9.88. The Balaban J connectivity index is 1.44. The molecule has 8 heteroatoms. The van der Waals surface area contributed by atoms with Crippen LogP contribution in [0.25, 0.3) is 16.7 Å². The van der Waals surface area contributed by atoms with E-state index in [4.69, 9.17) is 26.7 Å². The van der Waals surface area contributed by atoms with E-state index in [0.29, 0.717) is 16.8 Å². The number of fused-ring (bicyclic) bond motifs is 1. The Bertz CT molecular complexity index is 1200. The number of anilines is 1. The fourth-order valence-corrected chi connectivity index (χ4v) is 5.65. The van der Waals surface area contributed by atoms with E-state index in [0.717, 1.165) is 86.6 Å². The summed E-state index contributed by atoms with van der Waals surface area (Å²) in [4.78, 5) is 27.7. The van der Waals surface area contributed by atoms with Crippen LogP contribution in [0.15, 0.2) is 30.5 Å². The summed E-state index contributed by atoms with van der Waals surface area (Å²) in [5, 5.41) is 6.30. The van der Waals surface area contributed by atoms with Crippen molar-refractivity contribution in [3.8, 4) is 5.69 Å². The predicted molar refractivity (Wildman–Crippen MR) is 145 cm³/mol. The summed E-state index contributed by atoms with van der Waals surface area (Å²) >= 11 is 6.28. The highest BCUT2D eigenvalue weighted by Crippen LogP contribution is 2.29. The molecule has 3 aromatic rings. The third kappa shape index (κ3) is 5.51. The van der Waals surface area contributed by atoms with Gasteiger partial charge in [-0.1, -0.05) is 50.8 Å². The molecule has 2 aromatic heterocycles. The summed E-state index contributed by atoms with van der Waals surface area (Å²) in [5.41, 5.74) is 1.69. The summed E-state index contributed by atoms with van der Waals surface area (Å²) in [7, 11) is 0. The normalized spacial score (nSPS) is 17.7. The zero-order valence-electron chi connectivity index (χ0n) is 21.5. The van der Waals surface area contributed by atoms with Crippen molar-refractivity contribution in [2.75, 3.05) is 31.1 Å². The molecule has 1 saturated carbocycles. The number of rotatable bonds is 6. The number of carbonyl (C=O) groups is 1. The Morgan fingerprint density at radius 2 is 1.89 bits per heavy atom. The first kappa shape index (κ1) is 25.0. The molecule has 0 atom stereocenters. The van der Waals surface area contributed by atoms with Crippen LogP contribution in [0.1, 0.15) is 64.6 Å². The van der Waals surface area contributed by atoms with Gasteiger partial charge in [-0.25, -0.2) is 14.6 Å². The van der Waals surface area contributed by atoms with Crippen molar-refractivity contribution in [1.82, 2.24) is 24.6 Å². The Morgan fingerprint density at radius 1 is 1.06 bits per heavy atom. The number of halogens is 1. The van der Waals surface area contributed by atoms with Crippen LogP contribution in [0.2, 0.25) is 5.02 Å². The van der Waals surface area contributed by atoms with Crippen LogP contribution in [0.5, 0.6) is 0 Å². The van der Waals surface area contributed by atoms with Gasteiger partial charge in [-0.2, -0.15) is 5.10 Å². The van der Waals surface area contributed by atoms with E-state index in [1.54, 1.807) is 0 Å². The third-order valence-corrected chi connectivity index (χ3v) is 7.75. The lowest BCUT2D eigenvalue weighted by Gasteiger charge is -2.28. The number of aromatic nitrogens is 4. The number of hydrogen-bond donors (Lipinski definition) is 0. The molecule has 0 bridgehead atoms. The smallest absolute Gasteiger partial charge is 0.225 e. The second kappa shape index (κ2) is 11.2. The fourth-order valence-electron chi connectivity index (χ4n) is 5.46. The SMILES string of the molecule is CC(C)CCc1nc(N2CCCN(C(=O)C3CCCCC3)CC2)c2cnn(-c3cccc(Cl)c3)c2n1. The molecule has 36 heavy (non-hydrogen) atoms. The monoisotopic (exact) mass is 508 g/mol. The number of carbonyl (C=O) groups excluding carboxylic acids is 1. The van der Waals surface area contributed by atoms with Crippen molar-refractivity contribution < 1.29 is 4.79 Å². The minimum atomic E-state index is 0.217. The zero-order valence-corrected chi connectivity index (χ0v) is 22.3. The van der Waals surface area contributed by atoms with E-state index in [1.807, 2.05) is 35.1 Å². The topological polar surface area (TPSA) is 67.2 Å².